The van der Waals surface area contributed by atoms with E-state index in [-0.39, 0.29) is 5.56 Å². The van der Waals surface area contributed by atoms with E-state index in [1.54, 1.807) is 19.1 Å². The zero-order chi connectivity index (χ0) is 16.6. The normalized spacial score (nSPS) is 10.8. The summed E-state index contributed by atoms with van der Waals surface area (Å²) in [6, 6.07) is 4.93. The Kier molecular flexibility index (Phi) is 3.65. The van der Waals surface area contributed by atoms with E-state index >= 15 is 0 Å². The van der Waals surface area contributed by atoms with Crippen molar-refractivity contribution < 1.29 is 14.2 Å². The largest absolute Gasteiger partial charge is 0.493 e. The van der Waals surface area contributed by atoms with Crippen molar-refractivity contribution in [1.82, 2.24) is 19.6 Å². The summed E-state index contributed by atoms with van der Waals surface area (Å²) in [5.74, 6) is 2.26. The molecule has 0 bridgehead atoms. The number of benzene rings is 1. The van der Waals surface area contributed by atoms with E-state index in [1.165, 1.54) is 31.9 Å². The smallest absolute Gasteiger partial charge is 0.274 e. The van der Waals surface area contributed by atoms with Gasteiger partial charge < -0.3 is 14.2 Å². The van der Waals surface area contributed by atoms with Crippen molar-refractivity contribution in [3.8, 4) is 28.6 Å². The molecule has 1 N–H and O–H groups in total. The summed E-state index contributed by atoms with van der Waals surface area (Å²) in [4.78, 5) is 20.6. The second-order valence-electron chi connectivity index (χ2n) is 4.86. The maximum absolute atomic E-state index is 12.0. The molecular weight excluding hydrogens is 300 g/mol. The third kappa shape index (κ3) is 2.48. The van der Waals surface area contributed by atoms with Crippen molar-refractivity contribution in [2.75, 3.05) is 21.3 Å². The van der Waals surface area contributed by atoms with Crippen molar-refractivity contribution in [2.24, 2.45) is 0 Å². The molecule has 23 heavy (non-hydrogen) atoms. The maximum Gasteiger partial charge on any atom is 0.274 e. The van der Waals surface area contributed by atoms with Gasteiger partial charge in [-0.25, -0.2) is 4.98 Å². The lowest BCUT2D eigenvalue weighted by molar-refractivity contribution is 0.324. The number of hydrogen-bond donors (Lipinski definition) is 1. The molecule has 0 saturated heterocycles. The summed E-state index contributed by atoms with van der Waals surface area (Å²) < 4.78 is 17.2. The molecule has 0 atom stereocenters. The van der Waals surface area contributed by atoms with Gasteiger partial charge >= 0.3 is 0 Å². The van der Waals surface area contributed by atoms with E-state index in [0.717, 1.165) is 0 Å². The molecule has 3 rings (SSSR count). The first-order chi connectivity index (χ1) is 11.1. The highest BCUT2D eigenvalue weighted by molar-refractivity contribution is 5.67. The van der Waals surface area contributed by atoms with E-state index in [1.807, 2.05) is 0 Å². The average Bonchev–Trinajstić information content (AvgIpc) is 2.97. The highest BCUT2D eigenvalue weighted by atomic mass is 16.5. The minimum Gasteiger partial charge on any atom is -0.493 e. The Balaban J connectivity index is 2.22. The lowest BCUT2D eigenvalue weighted by Gasteiger charge is -2.13. The molecule has 0 fully saturated rings. The van der Waals surface area contributed by atoms with Crippen molar-refractivity contribution in [3.05, 3.63) is 34.2 Å². The molecule has 1 aromatic carbocycles. The zero-order valence-electron chi connectivity index (χ0n) is 13.2. The fourth-order valence-corrected chi connectivity index (χ4v) is 2.34. The maximum atomic E-state index is 12.0. The number of hydrogen-bond acceptors (Lipinski definition) is 6. The quantitative estimate of drug-likeness (QED) is 0.783. The number of nitrogens with zero attached hydrogens (tertiary/aromatic N) is 3. The highest BCUT2D eigenvalue weighted by Crippen LogP contribution is 2.40. The Morgan fingerprint density at radius 1 is 1.00 bits per heavy atom. The first-order valence-corrected chi connectivity index (χ1v) is 6.84. The molecule has 8 nitrogen and oxygen atoms in total. The van der Waals surface area contributed by atoms with Crippen LogP contribution in [0.3, 0.4) is 0 Å². The third-order valence-electron chi connectivity index (χ3n) is 3.40. The van der Waals surface area contributed by atoms with Crippen LogP contribution in [0.4, 0.5) is 0 Å². The van der Waals surface area contributed by atoms with E-state index in [9.17, 15) is 4.79 Å². The molecule has 120 valence electrons. The van der Waals surface area contributed by atoms with Crippen LogP contribution in [0.5, 0.6) is 17.2 Å². The number of methoxy groups -OCH3 is 3. The van der Waals surface area contributed by atoms with Crippen LogP contribution < -0.4 is 19.8 Å². The number of ether oxygens (including phenoxy) is 3. The van der Waals surface area contributed by atoms with Gasteiger partial charge in [-0.05, 0) is 19.1 Å². The Bertz CT molecular complexity index is 904. The second kappa shape index (κ2) is 5.64. The topological polar surface area (TPSA) is 90.7 Å². The van der Waals surface area contributed by atoms with Gasteiger partial charge in [-0.15, -0.1) is 0 Å². The van der Waals surface area contributed by atoms with Gasteiger partial charge in [-0.3, -0.25) is 9.89 Å². The van der Waals surface area contributed by atoms with Crippen LogP contribution in [0, 0.1) is 6.92 Å². The van der Waals surface area contributed by atoms with Crippen LogP contribution in [-0.2, 0) is 0 Å². The number of aromatic nitrogens is 4. The van der Waals surface area contributed by atoms with Crippen molar-refractivity contribution in [2.45, 2.75) is 6.92 Å². The van der Waals surface area contributed by atoms with E-state index in [0.29, 0.717) is 40.1 Å². The Labute approximate surface area is 131 Å². The van der Waals surface area contributed by atoms with Crippen molar-refractivity contribution >= 4 is 5.78 Å². The number of H-pyrrole nitrogens is 1. The van der Waals surface area contributed by atoms with Gasteiger partial charge in [0.1, 0.15) is 0 Å². The summed E-state index contributed by atoms with van der Waals surface area (Å²) in [7, 11) is 4.61. The molecule has 2 aromatic heterocycles. The van der Waals surface area contributed by atoms with Crippen LogP contribution in [0.1, 0.15) is 5.69 Å². The molecule has 0 aliphatic rings. The number of fused-ring (bicyclic) bond motifs is 1. The highest BCUT2D eigenvalue weighted by Gasteiger charge is 2.16. The monoisotopic (exact) mass is 316 g/mol. The van der Waals surface area contributed by atoms with Gasteiger partial charge in [-0.1, -0.05) is 0 Å². The molecular formula is C15H16N4O4. The molecule has 0 spiro atoms. The molecule has 0 unspecified atom stereocenters. The number of aromatic amines is 1. The number of rotatable bonds is 4. The van der Waals surface area contributed by atoms with Crippen LogP contribution in [-0.4, -0.2) is 40.9 Å². The van der Waals surface area contributed by atoms with Crippen LogP contribution in [0.15, 0.2) is 23.0 Å². The average molecular weight is 316 g/mol. The fourth-order valence-electron chi connectivity index (χ4n) is 2.34. The molecule has 2 heterocycles. The van der Waals surface area contributed by atoms with Gasteiger partial charge in [0.15, 0.2) is 17.3 Å². The first kappa shape index (κ1) is 14.9. The predicted octanol–water partition coefficient (Wildman–Crippen LogP) is 1.42. The summed E-state index contributed by atoms with van der Waals surface area (Å²) in [6.07, 6.45) is 0. The Hall–Kier alpha value is -3.03. The summed E-state index contributed by atoms with van der Waals surface area (Å²) in [5.41, 5.74) is 1.07. The minimum atomic E-state index is -0.223. The lowest BCUT2D eigenvalue weighted by atomic mass is 10.1. The van der Waals surface area contributed by atoms with Gasteiger partial charge in [0, 0.05) is 17.3 Å². The third-order valence-corrected chi connectivity index (χ3v) is 3.40. The van der Waals surface area contributed by atoms with Gasteiger partial charge in [0.2, 0.25) is 5.75 Å². The Morgan fingerprint density at radius 3 is 2.22 bits per heavy atom. The molecule has 3 aromatic rings. The standard InChI is InChI=1S/C15H16N4O4/c1-8-5-12(20)19-15(16-8)17-14(18-19)9-6-10(21-2)13(23-4)11(7-9)22-3/h5-7H,1-4H3,(H,16,17,18). The SMILES string of the molecule is COc1cc(-c2nc3nc(C)cc(=O)n3[nH]2)cc(OC)c1OC. The molecule has 0 saturated carbocycles. The summed E-state index contributed by atoms with van der Waals surface area (Å²) >= 11 is 0. The van der Waals surface area contributed by atoms with Gasteiger partial charge in [-0.2, -0.15) is 9.50 Å². The summed E-state index contributed by atoms with van der Waals surface area (Å²) in [5, 5.41) is 2.93. The molecule has 0 radical (unpaired) electrons. The lowest BCUT2D eigenvalue weighted by Crippen LogP contribution is -2.14. The number of nitrogens with one attached hydrogen (secondary N) is 1. The van der Waals surface area contributed by atoms with E-state index in [4.69, 9.17) is 14.2 Å². The van der Waals surface area contributed by atoms with Crippen LogP contribution in [0.25, 0.3) is 17.2 Å². The molecule has 8 heteroatoms. The fraction of sp³-hybridized carbons (Fsp3) is 0.267. The molecule has 0 aliphatic carbocycles. The van der Waals surface area contributed by atoms with Crippen LogP contribution >= 0.6 is 0 Å². The van der Waals surface area contributed by atoms with Crippen LogP contribution in [0.2, 0.25) is 0 Å². The Morgan fingerprint density at radius 2 is 1.65 bits per heavy atom. The van der Waals surface area contributed by atoms with Gasteiger partial charge in [0.25, 0.3) is 11.3 Å². The van der Waals surface area contributed by atoms with E-state index in [2.05, 4.69) is 15.1 Å². The number of aryl methyl sites for hydroxylation is 1. The second-order valence-corrected chi connectivity index (χ2v) is 4.86. The van der Waals surface area contributed by atoms with E-state index < -0.39 is 0 Å². The first-order valence-electron chi connectivity index (χ1n) is 6.84. The molecule has 0 aliphatic heterocycles. The van der Waals surface area contributed by atoms with Crippen molar-refractivity contribution in [3.63, 3.8) is 0 Å². The zero-order valence-corrected chi connectivity index (χ0v) is 13.2. The summed E-state index contributed by atoms with van der Waals surface area (Å²) in [6.45, 7) is 1.75. The van der Waals surface area contributed by atoms with Crippen molar-refractivity contribution in [1.29, 1.82) is 0 Å². The van der Waals surface area contributed by atoms with Gasteiger partial charge in [0.05, 0.1) is 21.3 Å². The minimum absolute atomic E-state index is 0.223. The predicted molar refractivity (Wildman–Crippen MR) is 83.4 cm³/mol. The molecule has 0 amide bonds.